The fourth-order valence-electron chi connectivity index (χ4n) is 5.00. The van der Waals surface area contributed by atoms with E-state index in [2.05, 4.69) is 24.3 Å². The van der Waals surface area contributed by atoms with Crippen molar-refractivity contribution >= 4 is 12.1 Å². The van der Waals surface area contributed by atoms with E-state index in [1.807, 2.05) is 24.3 Å². The maximum Gasteiger partial charge on any atom is 0.410 e. The molecule has 2 aliphatic carbocycles. The summed E-state index contributed by atoms with van der Waals surface area (Å²) in [7, 11) is 0. The fraction of sp³-hybridized carbons (Fsp3) is 0.304. The minimum Gasteiger partial charge on any atom is -0.478 e. The molecule has 1 saturated heterocycles. The molecule has 5 heteroatoms. The smallest absolute Gasteiger partial charge is 0.410 e. The molecule has 5 rings (SSSR count). The van der Waals surface area contributed by atoms with Crippen molar-refractivity contribution in [3.05, 3.63) is 71.3 Å². The van der Waals surface area contributed by atoms with E-state index in [9.17, 15) is 9.59 Å². The van der Waals surface area contributed by atoms with E-state index in [1.54, 1.807) is 4.90 Å². The number of carboxylic acid groups (broad SMARTS) is 1. The molecule has 1 amide bonds. The molecule has 5 nitrogen and oxygen atoms in total. The Morgan fingerprint density at radius 1 is 1.07 bits per heavy atom. The molecule has 28 heavy (non-hydrogen) atoms. The summed E-state index contributed by atoms with van der Waals surface area (Å²) in [6, 6.07) is 16.6. The van der Waals surface area contributed by atoms with Crippen molar-refractivity contribution in [2.24, 2.45) is 5.92 Å². The first-order chi connectivity index (χ1) is 13.6. The van der Waals surface area contributed by atoms with E-state index in [0.717, 1.165) is 12.0 Å². The van der Waals surface area contributed by atoms with Crippen molar-refractivity contribution in [3.63, 3.8) is 0 Å². The van der Waals surface area contributed by atoms with Gasteiger partial charge in [-0.25, -0.2) is 9.59 Å². The van der Waals surface area contributed by atoms with Gasteiger partial charge in [0.1, 0.15) is 6.61 Å². The molecule has 1 N–H and O–H groups in total. The normalized spacial score (nSPS) is 23.7. The number of fused-ring (bicyclic) bond motifs is 4. The van der Waals surface area contributed by atoms with Gasteiger partial charge in [-0.15, -0.1) is 0 Å². The van der Waals surface area contributed by atoms with Crippen LogP contribution >= 0.6 is 0 Å². The van der Waals surface area contributed by atoms with Crippen LogP contribution in [0.2, 0.25) is 0 Å². The first kappa shape index (κ1) is 17.0. The number of carbonyl (C=O) groups excluding carboxylic acids is 1. The van der Waals surface area contributed by atoms with Gasteiger partial charge in [-0.1, -0.05) is 54.1 Å². The molecule has 0 spiro atoms. The molecular weight excluding hydrogens is 354 g/mol. The van der Waals surface area contributed by atoms with E-state index in [1.165, 1.54) is 28.3 Å². The number of aliphatic carboxylic acids is 1. The number of likely N-dealkylation sites (tertiary alicyclic amines) is 1. The summed E-state index contributed by atoms with van der Waals surface area (Å²) >= 11 is 0. The lowest BCUT2D eigenvalue weighted by molar-refractivity contribution is -0.131. The molecule has 2 aromatic carbocycles. The van der Waals surface area contributed by atoms with Crippen LogP contribution in [-0.4, -0.2) is 41.3 Å². The highest BCUT2D eigenvalue weighted by Gasteiger charge is 2.47. The zero-order valence-electron chi connectivity index (χ0n) is 15.4. The first-order valence-corrected chi connectivity index (χ1v) is 9.68. The average Bonchev–Trinajstić information content (AvgIpc) is 3.19. The van der Waals surface area contributed by atoms with Crippen molar-refractivity contribution in [2.75, 3.05) is 13.2 Å². The van der Waals surface area contributed by atoms with Crippen LogP contribution < -0.4 is 0 Å². The Morgan fingerprint density at radius 3 is 2.36 bits per heavy atom. The third kappa shape index (κ3) is 2.61. The van der Waals surface area contributed by atoms with Crippen LogP contribution in [0.15, 0.2) is 60.2 Å². The number of hydrogen-bond donors (Lipinski definition) is 1. The maximum absolute atomic E-state index is 12.7. The molecule has 2 unspecified atom stereocenters. The Kier molecular flexibility index (Phi) is 3.97. The third-order valence-electron chi connectivity index (χ3n) is 6.35. The van der Waals surface area contributed by atoms with Crippen molar-refractivity contribution < 1.29 is 19.4 Å². The third-order valence-corrected chi connectivity index (χ3v) is 6.35. The molecule has 3 aliphatic rings. The lowest BCUT2D eigenvalue weighted by Gasteiger charge is -2.38. The van der Waals surface area contributed by atoms with Gasteiger partial charge in [0.25, 0.3) is 0 Å². The summed E-state index contributed by atoms with van der Waals surface area (Å²) in [5, 5.41) is 8.93. The summed E-state index contributed by atoms with van der Waals surface area (Å²) in [6.07, 6.45) is 2.46. The van der Waals surface area contributed by atoms with Crippen molar-refractivity contribution in [1.82, 2.24) is 4.90 Å². The topological polar surface area (TPSA) is 66.8 Å². The Balaban J connectivity index is 1.29. The molecule has 0 bridgehead atoms. The molecule has 1 heterocycles. The Hall–Kier alpha value is -3.08. The van der Waals surface area contributed by atoms with Gasteiger partial charge in [-0.3, -0.25) is 0 Å². The van der Waals surface area contributed by atoms with Gasteiger partial charge in [-0.05, 0) is 35.1 Å². The highest BCUT2D eigenvalue weighted by molar-refractivity contribution is 5.82. The first-order valence-electron chi connectivity index (χ1n) is 9.68. The zero-order chi connectivity index (χ0) is 19.3. The maximum atomic E-state index is 12.7. The van der Waals surface area contributed by atoms with Crippen molar-refractivity contribution in [2.45, 2.75) is 24.8 Å². The Labute approximate surface area is 163 Å². The lowest BCUT2D eigenvalue weighted by Crippen LogP contribution is -2.44. The Morgan fingerprint density at radius 2 is 1.71 bits per heavy atom. The standard InChI is InChI=1S/C23H21NO4/c25-22(26)12-14-11-21-15(14)9-10-24(21)23(27)28-13-20-18-7-3-1-5-16(18)17-6-2-4-8-19(17)20/h1-8,12,15,20-21H,9-11,13H2,(H,25,26)/b14-12-. The molecule has 0 aromatic heterocycles. The summed E-state index contributed by atoms with van der Waals surface area (Å²) in [5.41, 5.74) is 5.76. The van der Waals surface area contributed by atoms with Crippen LogP contribution in [0.25, 0.3) is 11.1 Å². The monoisotopic (exact) mass is 375 g/mol. The number of ether oxygens (including phenoxy) is 1. The largest absolute Gasteiger partial charge is 0.478 e. The van der Waals surface area contributed by atoms with Gasteiger partial charge in [0.05, 0.1) is 0 Å². The van der Waals surface area contributed by atoms with Crippen molar-refractivity contribution in [1.29, 1.82) is 0 Å². The minimum absolute atomic E-state index is 0.0543. The van der Waals surface area contributed by atoms with E-state index in [4.69, 9.17) is 9.84 Å². The number of benzene rings is 2. The van der Waals surface area contributed by atoms with Gasteiger partial charge in [0.2, 0.25) is 0 Å². The molecule has 1 aliphatic heterocycles. The van der Waals surface area contributed by atoms with Crippen molar-refractivity contribution in [3.8, 4) is 11.1 Å². The molecule has 2 atom stereocenters. The summed E-state index contributed by atoms with van der Waals surface area (Å²) < 4.78 is 5.74. The molecule has 2 aromatic rings. The second-order valence-electron chi connectivity index (χ2n) is 7.72. The van der Waals surface area contributed by atoms with Gasteiger partial charge < -0.3 is 14.7 Å². The average molecular weight is 375 g/mol. The summed E-state index contributed by atoms with van der Waals surface area (Å²) in [6.45, 7) is 0.946. The number of amides is 1. The van der Waals surface area contributed by atoms with E-state index in [0.29, 0.717) is 19.6 Å². The van der Waals surface area contributed by atoms with Gasteiger partial charge in [0.15, 0.2) is 0 Å². The molecule has 2 fully saturated rings. The van der Waals surface area contributed by atoms with Gasteiger partial charge >= 0.3 is 12.1 Å². The van der Waals surface area contributed by atoms with Gasteiger partial charge in [0, 0.05) is 30.5 Å². The molecule has 142 valence electrons. The highest BCUT2D eigenvalue weighted by Crippen LogP contribution is 2.46. The second-order valence-corrected chi connectivity index (χ2v) is 7.72. The molecule has 1 saturated carbocycles. The Bertz CT molecular complexity index is 950. The lowest BCUT2D eigenvalue weighted by atomic mass is 9.74. The molecular formula is C23H21NO4. The van der Waals surface area contributed by atoms with Crippen LogP contribution in [0.1, 0.15) is 29.9 Å². The quantitative estimate of drug-likeness (QED) is 0.822. The predicted octanol–water partition coefficient (Wildman–Crippen LogP) is 4.04. The number of rotatable bonds is 3. The fourth-order valence-corrected chi connectivity index (χ4v) is 5.00. The minimum atomic E-state index is -0.909. The number of nitrogens with zero attached hydrogens (tertiary/aromatic N) is 1. The van der Waals surface area contributed by atoms with E-state index in [-0.39, 0.29) is 24.0 Å². The number of hydrogen-bond acceptors (Lipinski definition) is 3. The van der Waals surface area contributed by atoms with E-state index >= 15 is 0 Å². The predicted molar refractivity (Wildman–Crippen MR) is 104 cm³/mol. The van der Waals surface area contributed by atoms with Crippen LogP contribution in [0.5, 0.6) is 0 Å². The van der Waals surface area contributed by atoms with Gasteiger partial charge in [-0.2, -0.15) is 0 Å². The number of carbonyl (C=O) groups is 2. The van der Waals surface area contributed by atoms with Crippen LogP contribution in [0.4, 0.5) is 4.79 Å². The SMILES string of the molecule is O=C(O)/C=C1/CC2C1CCN2C(=O)OCC1c2ccccc2-c2ccccc21. The van der Waals surface area contributed by atoms with Crippen LogP contribution in [-0.2, 0) is 9.53 Å². The zero-order valence-corrected chi connectivity index (χ0v) is 15.4. The second kappa shape index (κ2) is 6.51. The summed E-state index contributed by atoms with van der Waals surface area (Å²) in [5.74, 6) is -0.678. The van der Waals surface area contributed by atoms with Crippen LogP contribution in [0.3, 0.4) is 0 Å². The summed E-state index contributed by atoms with van der Waals surface area (Å²) in [4.78, 5) is 25.4. The van der Waals surface area contributed by atoms with E-state index < -0.39 is 5.97 Å². The number of carboxylic acids is 1. The molecule has 0 radical (unpaired) electrons. The van der Waals surface area contributed by atoms with Crippen LogP contribution in [0, 0.1) is 5.92 Å². The highest BCUT2D eigenvalue weighted by atomic mass is 16.6.